The van der Waals surface area contributed by atoms with E-state index >= 15 is 0 Å². The molecule has 0 heterocycles. The number of likely N-dealkylation sites (N-methyl/N-ethyl adjacent to an activating group) is 1. The number of hydrogen-bond donors (Lipinski definition) is 5. The summed E-state index contributed by atoms with van der Waals surface area (Å²) in [5, 5.41) is 9.03. The highest BCUT2D eigenvalue weighted by Gasteiger charge is 2.26. The maximum absolute atomic E-state index is 13.0. The van der Waals surface area contributed by atoms with Crippen LogP contribution in [0.4, 0.5) is 34.1 Å². The summed E-state index contributed by atoms with van der Waals surface area (Å²) in [5.41, 5.74) is 2.02. The summed E-state index contributed by atoms with van der Waals surface area (Å²) >= 11 is 0. The smallest absolute Gasteiger partial charge is 0.229 e. The Labute approximate surface area is 256 Å². The van der Waals surface area contributed by atoms with E-state index in [1.54, 1.807) is 47.6 Å². The Kier molecular flexibility index (Phi) is 11.3. The second-order valence-electron chi connectivity index (χ2n) is 12.6. The molecule has 240 valence electrons. The Morgan fingerprint density at radius 3 is 1.70 bits per heavy atom. The molecule has 2 aromatic carbocycles. The molecule has 0 aliphatic carbocycles. The molecule has 5 N–H and O–H groups in total. The van der Waals surface area contributed by atoms with Crippen LogP contribution in [0.1, 0.15) is 54.0 Å². The minimum atomic E-state index is -3.73. The first kappa shape index (κ1) is 35.8. The van der Waals surface area contributed by atoms with Gasteiger partial charge in [0.2, 0.25) is 31.9 Å². The Hall–Kier alpha value is -3.36. The Bertz CT molecular complexity index is 1560. The molecule has 0 atom stereocenters. The molecular weight excluding hydrogens is 592 g/mol. The van der Waals surface area contributed by atoms with Gasteiger partial charge in [-0.15, -0.1) is 0 Å². The van der Waals surface area contributed by atoms with E-state index in [-0.39, 0.29) is 29.7 Å². The van der Waals surface area contributed by atoms with Crippen LogP contribution in [-0.2, 0) is 29.6 Å². The molecule has 2 aromatic rings. The molecule has 2 rings (SSSR count). The van der Waals surface area contributed by atoms with Gasteiger partial charge in [-0.1, -0.05) is 41.5 Å². The first-order valence-corrected chi connectivity index (χ1v) is 17.6. The molecule has 0 unspecified atom stereocenters. The predicted octanol–water partition coefficient (Wildman–Crippen LogP) is 4.45. The van der Waals surface area contributed by atoms with E-state index in [0.29, 0.717) is 30.2 Å². The summed E-state index contributed by atoms with van der Waals surface area (Å²) in [4.78, 5) is 27.9. The van der Waals surface area contributed by atoms with Crippen LogP contribution in [0.15, 0.2) is 30.3 Å². The van der Waals surface area contributed by atoms with Crippen LogP contribution in [-0.4, -0.2) is 60.8 Å². The number of nitrogens with zero attached hydrogens (tertiary/aromatic N) is 1. The van der Waals surface area contributed by atoms with Gasteiger partial charge in [-0.25, -0.2) is 21.6 Å². The average molecular weight is 639 g/mol. The lowest BCUT2D eigenvalue weighted by Crippen LogP contribution is -2.34. The van der Waals surface area contributed by atoms with E-state index in [1.807, 2.05) is 36.9 Å². The fourth-order valence-electron chi connectivity index (χ4n) is 3.78. The van der Waals surface area contributed by atoms with Gasteiger partial charge < -0.3 is 20.9 Å². The standard InChI is InChI=1S/C29H46N6O6S2/c1-11-35(15-14-30-42(9,38)39)20-12-13-21(19(2)16-20)31-22-17-24(33-27(37)29(6,7)8)25(34-43(10,40)41)18-23(22)32-26(36)28(3,4)5/h12-13,16-18,30-31,34H,11,14-15H2,1-10H3,(H,32,36)(H,33,37). The van der Waals surface area contributed by atoms with Crippen molar-refractivity contribution < 1.29 is 26.4 Å². The van der Waals surface area contributed by atoms with E-state index in [1.165, 1.54) is 6.07 Å². The highest BCUT2D eigenvalue weighted by Crippen LogP contribution is 2.38. The van der Waals surface area contributed by atoms with Crippen LogP contribution in [0.5, 0.6) is 0 Å². The van der Waals surface area contributed by atoms with Gasteiger partial charge in [0.15, 0.2) is 0 Å². The van der Waals surface area contributed by atoms with Crippen molar-refractivity contribution in [2.45, 2.75) is 55.4 Å². The van der Waals surface area contributed by atoms with Crippen LogP contribution in [0, 0.1) is 17.8 Å². The van der Waals surface area contributed by atoms with E-state index in [0.717, 1.165) is 23.8 Å². The summed E-state index contributed by atoms with van der Waals surface area (Å²) in [5.74, 6) is -0.618. The quantitative estimate of drug-likeness (QED) is 0.227. The number of sulfonamides is 2. The van der Waals surface area contributed by atoms with Crippen molar-refractivity contribution in [3.8, 4) is 0 Å². The number of benzene rings is 2. The molecule has 14 heteroatoms. The average Bonchev–Trinajstić information content (AvgIpc) is 2.82. The Balaban J connectivity index is 2.59. The van der Waals surface area contributed by atoms with Gasteiger partial charge in [-0.2, -0.15) is 0 Å². The van der Waals surface area contributed by atoms with Crippen LogP contribution < -0.4 is 30.3 Å². The number of rotatable bonds is 12. The fraction of sp³-hybridized carbons (Fsp3) is 0.517. The Morgan fingerprint density at radius 2 is 1.26 bits per heavy atom. The molecule has 43 heavy (non-hydrogen) atoms. The van der Waals surface area contributed by atoms with Gasteiger partial charge in [0, 0.05) is 41.8 Å². The second-order valence-corrected chi connectivity index (χ2v) is 16.2. The molecule has 2 amide bonds. The largest absolute Gasteiger partial charge is 0.370 e. The molecule has 0 bridgehead atoms. The lowest BCUT2D eigenvalue weighted by atomic mass is 9.95. The fourth-order valence-corrected chi connectivity index (χ4v) is 4.81. The van der Waals surface area contributed by atoms with Crippen molar-refractivity contribution in [3.63, 3.8) is 0 Å². The summed E-state index contributed by atoms with van der Waals surface area (Å²) in [7, 11) is -7.03. The SMILES string of the molecule is CCN(CCNS(C)(=O)=O)c1ccc(Nc2cc(NC(=O)C(C)(C)C)c(NS(C)(=O)=O)cc2NC(=O)C(C)(C)C)c(C)c1. The number of carbonyl (C=O) groups is 2. The summed E-state index contributed by atoms with van der Waals surface area (Å²) in [6.07, 6.45) is 2.12. The maximum atomic E-state index is 13.0. The van der Waals surface area contributed by atoms with Gasteiger partial charge >= 0.3 is 0 Å². The predicted molar refractivity (Wildman–Crippen MR) is 176 cm³/mol. The summed E-state index contributed by atoms with van der Waals surface area (Å²) < 4.78 is 52.3. The molecule has 0 radical (unpaired) electrons. The first-order valence-electron chi connectivity index (χ1n) is 13.9. The lowest BCUT2D eigenvalue weighted by molar-refractivity contribution is -0.123. The van der Waals surface area contributed by atoms with E-state index in [2.05, 4.69) is 25.4 Å². The van der Waals surface area contributed by atoms with E-state index < -0.39 is 30.9 Å². The zero-order valence-corrected chi connectivity index (χ0v) is 28.4. The summed E-state index contributed by atoms with van der Waals surface area (Å²) in [6, 6.07) is 8.78. The molecule has 0 saturated carbocycles. The molecule has 0 saturated heterocycles. The van der Waals surface area contributed by atoms with Crippen molar-refractivity contribution >= 4 is 66.0 Å². The van der Waals surface area contributed by atoms with Crippen molar-refractivity contribution in [1.29, 1.82) is 0 Å². The van der Waals surface area contributed by atoms with Crippen LogP contribution in [0.25, 0.3) is 0 Å². The number of carbonyl (C=O) groups excluding carboxylic acids is 2. The highest BCUT2D eigenvalue weighted by molar-refractivity contribution is 7.92. The molecule has 0 aliphatic rings. The van der Waals surface area contributed by atoms with Crippen LogP contribution in [0.3, 0.4) is 0 Å². The van der Waals surface area contributed by atoms with Crippen molar-refractivity contribution in [3.05, 3.63) is 35.9 Å². The second kappa shape index (κ2) is 13.5. The van der Waals surface area contributed by atoms with Gasteiger partial charge in [0.25, 0.3) is 0 Å². The zero-order valence-electron chi connectivity index (χ0n) is 26.7. The molecule has 0 fully saturated rings. The number of aryl methyl sites for hydroxylation is 1. The number of amides is 2. The minimum absolute atomic E-state index is 0.100. The van der Waals surface area contributed by atoms with Gasteiger partial charge in [0.1, 0.15) is 0 Å². The third kappa shape index (κ3) is 11.3. The molecular formula is C29H46N6O6S2. The van der Waals surface area contributed by atoms with E-state index in [4.69, 9.17) is 0 Å². The molecule has 0 aromatic heterocycles. The topological polar surface area (TPSA) is 166 Å². The highest BCUT2D eigenvalue weighted by atomic mass is 32.2. The van der Waals surface area contributed by atoms with Gasteiger partial charge in [-0.3, -0.25) is 14.3 Å². The summed E-state index contributed by atoms with van der Waals surface area (Å²) in [6.45, 7) is 15.8. The maximum Gasteiger partial charge on any atom is 0.229 e. The first-order chi connectivity index (χ1) is 19.5. The minimum Gasteiger partial charge on any atom is -0.370 e. The Morgan fingerprint density at radius 1 is 0.744 bits per heavy atom. The number of nitrogens with one attached hydrogen (secondary N) is 5. The molecule has 0 spiro atoms. The molecule has 12 nitrogen and oxygen atoms in total. The molecule has 0 aliphatic heterocycles. The lowest BCUT2D eigenvalue weighted by Gasteiger charge is -2.25. The monoisotopic (exact) mass is 638 g/mol. The number of hydrogen-bond acceptors (Lipinski definition) is 8. The van der Waals surface area contributed by atoms with Crippen molar-refractivity contribution in [2.75, 3.05) is 57.7 Å². The third-order valence-corrected chi connectivity index (χ3v) is 7.60. The van der Waals surface area contributed by atoms with Crippen molar-refractivity contribution in [2.24, 2.45) is 10.8 Å². The zero-order chi connectivity index (χ0) is 33.0. The van der Waals surface area contributed by atoms with E-state index in [9.17, 15) is 26.4 Å². The normalized spacial score (nSPS) is 12.4. The third-order valence-electron chi connectivity index (χ3n) is 6.28. The van der Waals surface area contributed by atoms with Crippen LogP contribution in [0.2, 0.25) is 0 Å². The van der Waals surface area contributed by atoms with Gasteiger partial charge in [0.05, 0.1) is 35.3 Å². The van der Waals surface area contributed by atoms with Crippen molar-refractivity contribution in [1.82, 2.24) is 4.72 Å². The number of anilines is 6. The van der Waals surface area contributed by atoms with Gasteiger partial charge in [-0.05, 0) is 49.7 Å². The van der Waals surface area contributed by atoms with Crippen LogP contribution >= 0.6 is 0 Å².